The molecule has 3 rings (SSSR count). The van der Waals surface area contributed by atoms with Crippen LogP contribution < -0.4 is 20.4 Å². The number of rotatable bonds is 5. The highest BCUT2D eigenvalue weighted by molar-refractivity contribution is 6.00. The molecule has 3 amide bonds. The number of carbonyl (C=O) groups excluding carboxylic acids is 2. The van der Waals surface area contributed by atoms with E-state index in [2.05, 4.69) is 22.5 Å². The summed E-state index contributed by atoms with van der Waals surface area (Å²) in [7, 11) is 0. The van der Waals surface area contributed by atoms with E-state index in [-0.39, 0.29) is 19.0 Å². The number of nitrogens with zero attached hydrogens (tertiary/aromatic N) is 2. The average molecular weight is 342 g/mol. The van der Waals surface area contributed by atoms with Gasteiger partial charge in [0.05, 0.1) is 30.7 Å². The van der Waals surface area contributed by atoms with Crippen molar-refractivity contribution >= 4 is 23.3 Å². The van der Waals surface area contributed by atoms with Gasteiger partial charge in [-0.3, -0.25) is 4.79 Å². The lowest BCUT2D eigenvalue weighted by Gasteiger charge is -2.37. The normalized spacial score (nSPS) is 13.3. The summed E-state index contributed by atoms with van der Waals surface area (Å²) in [6.07, 6.45) is 1.55. The molecular weight excluding hydrogens is 320 g/mol. The van der Waals surface area contributed by atoms with Gasteiger partial charge in [0.25, 0.3) is 0 Å². The zero-order valence-corrected chi connectivity index (χ0v) is 14.2. The lowest BCUT2D eigenvalue weighted by molar-refractivity contribution is -0.117. The quantitative estimate of drug-likeness (QED) is 0.871. The standard InChI is InChI=1S/C18H22N4O3/c1-2-21-9-10-22(16-8-4-3-7-15(16)21)17(23)13-20-18(24)19-12-14-6-5-11-25-14/h3-8,11H,2,9-10,12-13H2,1H3,(H2,19,20,24). The molecule has 1 aliphatic heterocycles. The number of likely N-dealkylation sites (N-methyl/N-ethyl adjacent to an activating group) is 1. The van der Waals surface area contributed by atoms with E-state index in [4.69, 9.17) is 4.42 Å². The predicted octanol–water partition coefficient (Wildman–Crippen LogP) is 1.95. The summed E-state index contributed by atoms with van der Waals surface area (Å²) in [5.41, 5.74) is 1.94. The fourth-order valence-electron chi connectivity index (χ4n) is 2.90. The molecule has 132 valence electrons. The molecule has 0 radical (unpaired) electrons. The number of urea groups is 1. The van der Waals surface area contributed by atoms with Gasteiger partial charge in [0.1, 0.15) is 5.76 Å². The molecule has 2 aromatic rings. The smallest absolute Gasteiger partial charge is 0.315 e. The summed E-state index contributed by atoms with van der Waals surface area (Å²) in [6, 6.07) is 11.0. The Bertz CT molecular complexity index is 730. The average Bonchev–Trinajstić information content (AvgIpc) is 3.17. The first-order valence-electron chi connectivity index (χ1n) is 8.37. The minimum Gasteiger partial charge on any atom is -0.467 e. The van der Waals surface area contributed by atoms with Crippen LogP contribution in [-0.4, -0.2) is 38.1 Å². The van der Waals surface area contributed by atoms with Crippen LogP contribution in [-0.2, 0) is 11.3 Å². The summed E-state index contributed by atoms with van der Waals surface area (Å²) in [6.45, 7) is 4.62. The summed E-state index contributed by atoms with van der Waals surface area (Å²) in [5.74, 6) is 0.530. The van der Waals surface area contributed by atoms with Crippen molar-refractivity contribution in [2.45, 2.75) is 13.5 Å². The van der Waals surface area contributed by atoms with Crippen molar-refractivity contribution in [2.75, 3.05) is 36.0 Å². The lowest BCUT2D eigenvalue weighted by Crippen LogP contribution is -2.48. The third-order valence-corrected chi connectivity index (χ3v) is 4.19. The maximum absolute atomic E-state index is 12.5. The van der Waals surface area contributed by atoms with Gasteiger partial charge in [0.15, 0.2) is 0 Å². The number of hydrogen-bond acceptors (Lipinski definition) is 4. The number of hydrogen-bond donors (Lipinski definition) is 2. The van der Waals surface area contributed by atoms with Gasteiger partial charge in [0.2, 0.25) is 5.91 Å². The second-order valence-electron chi connectivity index (χ2n) is 5.73. The SMILES string of the molecule is CCN1CCN(C(=O)CNC(=O)NCc2ccco2)c2ccccc21. The van der Waals surface area contributed by atoms with Crippen LogP contribution in [0.2, 0.25) is 0 Å². The maximum atomic E-state index is 12.5. The Labute approximate surface area is 146 Å². The number of benzene rings is 1. The van der Waals surface area contributed by atoms with Crippen LogP contribution in [0, 0.1) is 0 Å². The molecule has 0 saturated carbocycles. The number of para-hydroxylation sites is 2. The molecule has 0 saturated heterocycles. The van der Waals surface area contributed by atoms with Crippen molar-refractivity contribution < 1.29 is 14.0 Å². The molecule has 2 N–H and O–H groups in total. The second-order valence-corrected chi connectivity index (χ2v) is 5.73. The first kappa shape index (κ1) is 16.9. The van der Waals surface area contributed by atoms with Crippen molar-refractivity contribution in [3.05, 3.63) is 48.4 Å². The van der Waals surface area contributed by atoms with E-state index in [0.29, 0.717) is 12.3 Å². The molecule has 7 heteroatoms. The van der Waals surface area contributed by atoms with Gasteiger partial charge in [-0.25, -0.2) is 4.79 Å². The van der Waals surface area contributed by atoms with Crippen molar-refractivity contribution in [3.63, 3.8) is 0 Å². The number of fused-ring (bicyclic) bond motifs is 1. The van der Waals surface area contributed by atoms with Gasteiger partial charge < -0.3 is 24.9 Å². The van der Waals surface area contributed by atoms with Gasteiger partial charge in [-0.2, -0.15) is 0 Å². The second kappa shape index (κ2) is 7.74. The summed E-state index contributed by atoms with van der Waals surface area (Å²) >= 11 is 0. The minimum atomic E-state index is -0.398. The van der Waals surface area contributed by atoms with E-state index < -0.39 is 6.03 Å². The molecule has 25 heavy (non-hydrogen) atoms. The van der Waals surface area contributed by atoms with E-state index >= 15 is 0 Å². The zero-order valence-electron chi connectivity index (χ0n) is 14.2. The topological polar surface area (TPSA) is 77.8 Å². The Kier molecular flexibility index (Phi) is 5.23. The van der Waals surface area contributed by atoms with Gasteiger partial charge >= 0.3 is 6.03 Å². The van der Waals surface area contributed by atoms with Gasteiger partial charge in [-0.1, -0.05) is 12.1 Å². The molecule has 0 spiro atoms. The van der Waals surface area contributed by atoms with Crippen molar-refractivity contribution in [1.82, 2.24) is 10.6 Å². The number of nitrogens with one attached hydrogen (secondary N) is 2. The number of carbonyl (C=O) groups is 2. The van der Waals surface area contributed by atoms with Crippen LogP contribution >= 0.6 is 0 Å². The minimum absolute atomic E-state index is 0.0511. The summed E-state index contributed by atoms with van der Waals surface area (Å²) in [4.78, 5) is 28.3. The lowest BCUT2D eigenvalue weighted by atomic mass is 10.1. The van der Waals surface area contributed by atoms with Crippen LogP contribution in [0.1, 0.15) is 12.7 Å². The highest BCUT2D eigenvalue weighted by Crippen LogP contribution is 2.32. The first-order chi connectivity index (χ1) is 12.2. The van der Waals surface area contributed by atoms with E-state index in [1.165, 1.54) is 0 Å². The fraction of sp³-hybridized carbons (Fsp3) is 0.333. The van der Waals surface area contributed by atoms with Crippen molar-refractivity contribution in [3.8, 4) is 0 Å². The molecule has 0 atom stereocenters. The van der Waals surface area contributed by atoms with Crippen LogP contribution in [0.3, 0.4) is 0 Å². The van der Waals surface area contributed by atoms with Gasteiger partial charge in [0, 0.05) is 19.6 Å². The van der Waals surface area contributed by atoms with Gasteiger partial charge in [-0.05, 0) is 31.2 Å². The Hall–Kier alpha value is -2.96. The number of amides is 3. The summed E-state index contributed by atoms with van der Waals surface area (Å²) < 4.78 is 5.14. The molecule has 0 unspecified atom stereocenters. The molecule has 2 heterocycles. The molecule has 1 aromatic carbocycles. The Balaban J connectivity index is 1.55. The predicted molar refractivity (Wildman–Crippen MR) is 95.6 cm³/mol. The van der Waals surface area contributed by atoms with Crippen LogP contribution in [0.5, 0.6) is 0 Å². The Morgan fingerprint density at radius 1 is 1.08 bits per heavy atom. The van der Waals surface area contributed by atoms with Crippen LogP contribution in [0.25, 0.3) is 0 Å². The fourth-order valence-corrected chi connectivity index (χ4v) is 2.90. The third kappa shape index (κ3) is 3.93. The van der Waals surface area contributed by atoms with Gasteiger partial charge in [-0.15, -0.1) is 0 Å². The maximum Gasteiger partial charge on any atom is 0.315 e. The molecule has 0 fully saturated rings. The molecule has 0 bridgehead atoms. The monoisotopic (exact) mass is 342 g/mol. The van der Waals surface area contributed by atoms with Crippen LogP contribution in [0.15, 0.2) is 47.1 Å². The molecule has 1 aliphatic rings. The van der Waals surface area contributed by atoms with Crippen LogP contribution in [0.4, 0.5) is 16.2 Å². The number of furan rings is 1. The largest absolute Gasteiger partial charge is 0.467 e. The van der Waals surface area contributed by atoms with Crippen molar-refractivity contribution in [1.29, 1.82) is 0 Å². The first-order valence-corrected chi connectivity index (χ1v) is 8.37. The van der Waals surface area contributed by atoms with E-state index in [1.54, 1.807) is 23.3 Å². The highest BCUT2D eigenvalue weighted by Gasteiger charge is 2.25. The molecule has 7 nitrogen and oxygen atoms in total. The van der Waals surface area contributed by atoms with E-state index in [0.717, 1.165) is 24.5 Å². The summed E-state index contributed by atoms with van der Waals surface area (Å²) in [5, 5.41) is 5.26. The zero-order chi connectivity index (χ0) is 17.6. The van der Waals surface area contributed by atoms with E-state index in [1.807, 2.05) is 24.3 Å². The highest BCUT2D eigenvalue weighted by atomic mass is 16.3. The van der Waals surface area contributed by atoms with E-state index in [9.17, 15) is 9.59 Å². The third-order valence-electron chi connectivity index (χ3n) is 4.19. The molecule has 0 aliphatic carbocycles. The molecule has 1 aromatic heterocycles. The Morgan fingerprint density at radius 3 is 2.60 bits per heavy atom. The Morgan fingerprint density at radius 2 is 1.88 bits per heavy atom. The molecular formula is C18H22N4O3. The van der Waals surface area contributed by atoms with Crippen molar-refractivity contribution in [2.24, 2.45) is 0 Å². The number of anilines is 2.